The minimum absolute atomic E-state index is 0.0978. The van der Waals surface area contributed by atoms with Gasteiger partial charge in [0, 0.05) is 28.4 Å². The average Bonchev–Trinajstić information content (AvgIpc) is 3.17. The van der Waals surface area contributed by atoms with Gasteiger partial charge in [-0.25, -0.2) is 8.78 Å². The van der Waals surface area contributed by atoms with Crippen molar-refractivity contribution in [3.05, 3.63) is 114 Å². The van der Waals surface area contributed by atoms with Crippen molar-refractivity contribution >= 4 is 21.8 Å². The molecule has 0 radical (unpaired) electrons. The summed E-state index contributed by atoms with van der Waals surface area (Å²) >= 11 is 0. The van der Waals surface area contributed by atoms with Crippen LogP contribution >= 0.6 is 0 Å². The van der Waals surface area contributed by atoms with Gasteiger partial charge >= 0.3 is 0 Å². The third kappa shape index (κ3) is 3.91. The summed E-state index contributed by atoms with van der Waals surface area (Å²) in [4.78, 5) is 0. The number of aryl methyl sites for hydroxylation is 1. The van der Waals surface area contributed by atoms with Crippen LogP contribution < -0.4 is 0 Å². The molecule has 0 saturated carbocycles. The molecule has 160 valence electrons. The minimum atomic E-state index is -2.85. The summed E-state index contributed by atoms with van der Waals surface area (Å²) in [6, 6.07) is 33.2. The van der Waals surface area contributed by atoms with Crippen LogP contribution in [-0.4, -0.2) is 4.57 Å². The predicted octanol–water partition coefficient (Wildman–Crippen LogP) is 8.29. The zero-order valence-corrected chi connectivity index (χ0v) is 17.8. The summed E-state index contributed by atoms with van der Waals surface area (Å²) in [7, 11) is 0. The zero-order chi connectivity index (χ0) is 22.0. The highest BCUT2D eigenvalue weighted by Crippen LogP contribution is 2.38. The third-order valence-electron chi connectivity index (χ3n) is 6.16. The van der Waals surface area contributed by atoms with E-state index < -0.39 is 5.92 Å². The Morgan fingerprint density at radius 1 is 0.625 bits per heavy atom. The van der Waals surface area contributed by atoms with E-state index in [4.69, 9.17) is 0 Å². The molecule has 4 aromatic carbocycles. The van der Waals surface area contributed by atoms with Gasteiger partial charge in [0.05, 0.1) is 11.0 Å². The van der Waals surface area contributed by atoms with Gasteiger partial charge in [0.1, 0.15) is 0 Å². The van der Waals surface area contributed by atoms with E-state index in [0.717, 1.165) is 40.3 Å². The fourth-order valence-electron chi connectivity index (χ4n) is 4.52. The first-order chi connectivity index (χ1) is 15.6. The van der Waals surface area contributed by atoms with Crippen LogP contribution in [0, 0.1) is 0 Å². The van der Waals surface area contributed by atoms with Crippen LogP contribution in [0.2, 0.25) is 0 Å². The molecule has 3 heteroatoms. The maximum absolute atomic E-state index is 15.1. The molecule has 0 unspecified atom stereocenters. The number of halogens is 2. The Morgan fingerprint density at radius 3 is 2.06 bits per heavy atom. The molecule has 0 aliphatic heterocycles. The van der Waals surface area contributed by atoms with Crippen LogP contribution in [-0.2, 0) is 12.3 Å². The summed E-state index contributed by atoms with van der Waals surface area (Å²) in [6.07, 6.45) is 1.95. The maximum atomic E-state index is 15.1. The van der Waals surface area contributed by atoms with Gasteiger partial charge in [-0.1, -0.05) is 72.8 Å². The molecule has 0 aliphatic rings. The lowest BCUT2D eigenvalue weighted by Crippen LogP contribution is -2.13. The van der Waals surface area contributed by atoms with E-state index in [9.17, 15) is 0 Å². The van der Waals surface area contributed by atoms with Crippen molar-refractivity contribution in [2.24, 2.45) is 0 Å². The molecule has 0 saturated heterocycles. The molecule has 0 aliphatic carbocycles. The number of benzene rings is 4. The second-order valence-corrected chi connectivity index (χ2v) is 8.32. The van der Waals surface area contributed by atoms with Gasteiger partial charge in [-0.05, 0) is 55.2 Å². The van der Waals surface area contributed by atoms with Gasteiger partial charge in [0.2, 0.25) is 0 Å². The number of rotatable bonds is 7. The van der Waals surface area contributed by atoms with E-state index in [1.165, 1.54) is 5.56 Å². The molecule has 0 spiro atoms. The second kappa shape index (κ2) is 8.58. The van der Waals surface area contributed by atoms with Gasteiger partial charge in [-0.2, -0.15) is 0 Å². The standard InChI is InChI=1S/C29H25F2N/c30-29(31,20-10-9-13-22-11-3-1-4-12-22)23-18-19-28-26(21-23)25-16-7-8-17-27(25)32(28)24-14-5-2-6-15-24/h1-8,11-12,14-19,21H,9-10,13,20H2. The number of unbranched alkanes of at least 4 members (excludes halogenated alkanes) is 1. The number of alkyl halides is 2. The first kappa shape index (κ1) is 20.4. The highest BCUT2D eigenvalue weighted by Gasteiger charge is 2.31. The second-order valence-electron chi connectivity index (χ2n) is 8.32. The first-order valence-electron chi connectivity index (χ1n) is 11.1. The largest absolute Gasteiger partial charge is 0.309 e. The lowest BCUT2D eigenvalue weighted by molar-refractivity contribution is -0.0155. The van der Waals surface area contributed by atoms with Crippen LogP contribution in [0.4, 0.5) is 8.78 Å². The minimum Gasteiger partial charge on any atom is -0.309 e. The van der Waals surface area contributed by atoms with Gasteiger partial charge in [-0.3, -0.25) is 0 Å². The molecule has 32 heavy (non-hydrogen) atoms. The van der Waals surface area contributed by atoms with Crippen LogP contribution in [0.1, 0.15) is 30.4 Å². The first-order valence-corrected chi connectivity index (χ1v) is 11.1. The average molecular weight is 426 g/mol. The Hall–Kier alpha value is -3.46. The van der Waals surface area contributed by atoms with E-state index >= 15 is 8.78 Å². The Kier molecular flexibility index (Phi) is 5.48. The smallest absolute Gasteiger partial charge is 0.273 e. The molecule has 1 nitrogen and oxygen atoms in total. The fourth-order valence-corrected chi connectivity index (χ4v) is 4.52. The summed E-state index contributed by atoms with van der Waals surface area (Å²) in [5.74, 6) is -2.85. The molecule has 0 N–H and O–H groups in total. The monoisotopic (exact) mass is 425 g/mol. The molecular formula is C29H25F2N. The Morgan fingerprint density at radius 2 is 1.28 bits per heavy atom. The third-order valence-corrected chi connectivity index (χ3v) is 6.16. The molecule has 5 aromatic rings. The zero-order valence-electron chi connectivity index (χ0n) is 17.8. The van der Waals surface area contributed by atoms with Crippen molar-refractivity contribution in [1.82, 2.24) is 4.57 Å². The van der Waals surface area contributed by atoms with Crippen molar-refractivity contribution in [2.75, 3.05) is 0 Å². The van der Waals surface area contributed by atoms with Crippen molar-refractivity contribution in [1.29, 1.82) is 0 Å². The number of fused-ring (bicyclic) bond motifs is 3. The Balaban J connectivity index is 1.44. The molecule has 1 heterocycles. The van der Waals surface area contributed by atoms with Gasteiger partial charge in [0.15, 0.2) is 0 Å². The lowest BCUT2D eigenvalue weighted by atomic mass is 9.99. The van der Waals surface area contributed by atoms with Crippen molar-refractivity contribution < 1.29 is 8.78 Å². The van der Waals surface area contributed by atoms with E-state index in [1.54, 1.807) is 12.1 Å². The van der Waals surface area contributed by atoms with E-state index in [0.29, 0.717) is 6.42 Å². The van der Waals surface area contributed by atoms with E-state index in [1.807, 2.05) is 78.9 Å². The maximum Gasteiger partial charge on any atom is 0.273 e. The number of hydrogen-bond donors (Lipinski definition) is 0. The predicted molar refractivity (Wildman–Crippen MR) is 129 cm³/mol. The molecule has 1 aromatic heterocycles. The van der Waals surface area contributed by atoms with Gasteiger partial charge < -0.3 is 4.57 Å². The summed E-state index contributed by atoms with van der Waals surface area (Å²) in [5.41, 5.74) is 4.30. The van der Waals surface area contributed by atoms with Crippen LogP contribution in [0.25, 0.3) is 27.5 Å². The summed E-state index contributed by atoms with van der Waals surface area (Å²) in [6.45, 7) is 0. The normalized spacial score (nSPS) is 11.9. The highest BCUT2D eigenvalue weighted by atomic mass is 19.3. The van der Waals surface area contributed by atoms with Crippen LogP contribution in [0.5, 0.6) is 0 Å². The Bertz CT molecular complexity index is 1340. The number of hydrogen-bond acceptors (Lipinski definition) is 0. The highest BCUT2D eigenvalue weighted by molar-refractivity contribution is 6.09. The van der Waals surface area contributed by atoms with E-state index in [2.05, 4.69) is 16.7 Å². The van der Waals surface area contributed by atoms with Crippen molar-refractivity contribution in [2.45, 2.75) is 31.6 Å². The fraction of sp³-hybridized carbons (Fsp3) is 0.172. The Labute approximate surface area is 186 Å². The van der Waals surface area contributed by atoms with Gasteiger partial charge in [-0.15, -0.1) is 0 Å². The molecule has 5 rings (SSSR count). The topological polar surface area (TPSA) is 4.93 Å². The van der Waals surface area contributed by atoms with Gasteiger partial charge in [0.25, 0.3) is 5.92 Å². The molecule has 0 atom stereocenters. The van der Waals surface area contributed by atoms with Crippen LogP contribution in [0.3, 0.4) is 0 Å². The lowest BCUT2D eigenvalue weighted by Gasteiger charge is -2.17. The van der Waals surface area contributed by atoms with Crippen molar-refractivity contribution in [3.8, 4) is 5.69 Å². The molecule has 0 amide bonds. The SMILES string of the molecule is FC(F)(CCCCc1ccccc1)c1ccc2c(c1)c1ccccc1n2-c1ccccc1. The van der Waals surface area contributed by atoms with Crippen LogP contribution in [0.15, 0.2) is 103 Å². The van der Waals surface area contributed by atoms with E-state index in [-0.39, 0.29) is 12.0 Å². The number of nitrogens with zero attached hydrogens (tertiary/aromatic N) is 1. The quantitative estimate of drug-likeness (QED) is 0.231. The molecular weight excluding hydrogens is 400 g/mol. The van der Waals surface area contributed by atoms with Crippen molar-refractivity contribution in [3.63, 3.8) is 0 Å². The summed E-state index contributed by atoms with van der Waals surface area (Å²) < 4.78 is 32.4. The number of para-hydroxylation sites is 2. The molecule has 0 bridgehead atoms. The summed E-state index contributed by atoms with van der Waals surface area (Å²) in [5, 5.41) is 1.86. The molecule has 0 fully saturated rings. The number of aromatic nitrogens is 1.